The fourth-order valence-electron chi connectivity index (χ4n) is 8.02. The van der Waals surface area contributed by atoms with Crippen molar-refractivity contribution in [2.75, 3.05) is 0 Å². The number of halogens is 4. The molecule has 0 aromatic carbocycles. The molecule has 0 saturated heterocycles. The molecule has 0 aromatic rings. The summed E-state index contributed by atoms with van der Waals surface area (Å²) in [5, 5.41) is 0. The van der Waals surface area contributed by atoms with Gasteiger partial charge >= 0.3 is 6.18 Å². The summed E-state index contributed by atoms with van der Waals surface area (Å²) in [6.07, 6.45) is 16.5. The van der Waals surface area contributed by atoms with Crippen LogP contribution in [0.1, 0.15) is 110 Å². The lowest BCUT2D eigenvalue weighted by Gasteiger charge is -2.43. The normalized spacial score (nSPS) is 42.6. The van der Waals surface area contributed by atoms with Gasteiger partial charge in [-0.2, -0.15) is 13.2 Å². The Morgan fingerprint density at radius 1 is 0.531 bits per heavy atom. The van der Waals surface area contributed by atoms with E-state index in [0.717, 1.165) is 67.3 Å². The van der Waals surface area contributed by atoms with Gasteiger partial charge in [0.15, 0.2) is 5.83 Å². The first-order valence-electron chi connectivity index (χ1n) is 13.7. The lowest BCUT2D eigenvalue weighted by Crippen LogP contribution is -2.31. The summed E-state index contributed by atoms with van der Waals surface area (Å²) in [5.74, 6) is 4.10. The zero-order chi connectivity index (χ0) is 22.7. The fourth-order valence-corrected chi connectivity index (χ4v) is 8.02. The number of rotatable bonds is 4. The van der Waals surface area contributed by atoms with Crippen LogP contribution in [0.15, 0.2) is 11.9 Å². The molecule has 32 heavy (non-hydrogen) atoms. The Labute approximate surface area is 193 Å². The van der Waals surface area contributed by atoms with Crippen LogP contribution < -0.4 is 0 Å². The van der Waals surface area contributed by atoms with Gasteiger partial charge in [0, 0.05) is 0 Å². The van der Waals surface area contributed by atoms with Gasteiger partial charge in [0.2, 0.25) is 0 Å². The Morgan fingerprint density at radius 2 is 0.812 bits per heavy atom. The lowest BCUT2D eigenvalue weighted by atomic mass is 9.63. The van der Waals surface area contributed by atoms with Crippen LogP contribution >= 0.6 is 0 Å². The van der Waals surface area contributed by atoms with Crippen molar-refractivity contribution in [1.82, 2.24) is 0 Å². The van der Waals surface area contributed by atoms with E-state index in [1.807, 2.05) is 0 Å². The second-order valence-corrected chi connectivity index (χ2v) is 12.1. The molecule has 0 radical (unpaired) electrons. The SMILES string of the molecule is CC1CCC(C2CCC(C3CCC(C4CCC(C=C(F)C(F)(F)F)CC4)CC3)CC2)CC1. The molecule has 0 aromatic heterocycles. The maximum Gasteiger partial charge on any atom is 0.442 e. The summed E-state index contributed by atoms with van der Waals surface area (Å²) in [6, 6.07) is 0. The van der Waals surface area contributed by atoms with Crippen molar-refractivity contribution in [3.8, 4) is 0 Å². The standard InChI is InChI=1S/C28H44F4/c1-19-2-6-21(7-3-19)23-10-14-25(15-11-23)26-16-12-24(13-17-26)22-8-4-20(5-9-22)18-27(29)28(30,31)32/h18-26H,2-17H2,1H3. The van der Waals surface area contributed by atoms with Crippen molar-refractivity contribution in [2.24, 2.45) is 47.3 Å². The van der Waals surface area contributed by atoms with Gasteiger partial charge in [-0.15, -0.1) is 0 Å². The van der Waals surface area contributed by atoms with Gasteiger partial charge in [-0.05, 0) is 143 Å². The zero-order valence-corrected chi connectivity index (χ0v) is 20.0. The monoisotopic (exact) mass is 456 g/mol. The molecule has 0 nitrogen and oxygen atoms in total. The van der Waals surface area contributed by atoms with Crippen molar-refractivity contribution < 1.29 is 17.6 Å². The van der Waals surface area contributed by atoms with Gasteiger partial charge in [-0.25, -0.2) is 4.39 Å². The molecule has 0 atom stereocenters. The molecule has 184 valence electrons. The molecule has 4 rings (SSSR count). The molecule has 0 unspecified atom stereocenters. The minimum Gasteiger partial charge on any atom is -0.202 e. The summed E-state index contributed by atoms with van der Waals surface area (Å²) in [4.78, 5) is 0. The second kappa shape index (κ2) is 10.8. The maximum atomic E-state index is 13.2. The molecule has 4 aliphatic carbocycles. The highest BCUT2D eigenvalue weighted by atomic mass is 19.4. The van der Waals surface area contributed by atoms with E-state index in [9.17, 15) is 17.6 Å². The van der Waals surface area contributed by atoms with Crippen LogP contribution in [0.3, 0.4) is 0 Å². The van der Waals surface area contributed by atoms with Gasteiger partial charge < -0.3 is 0 Å². The minimum atomic E-state index is -4.82. The quantitative estimate of drug-likeness (QED) is 0.369. The Hall–Kier alpha value is -0.540. The van der Waals surface area contributed by atoms with E-state index in [0.29, 0.717) is 5.92 Å². The zero-order valence-electron chi connectivity index (χ0n) is 20.0. The summed E-state index contributed by atoms with van der Waals surface area (Å²) in [7, 11) is 0. The Bertz CT molecular complexity index is 591. The van der Waals surface area contributed by atoms with E-state index in [1.165, 1.54) is 77.0 Å². The molecule has 0 aliphatic heterocycles. The second-order valence-electron chi connectivity index (χ2n) is 12.1. The third-order valence-electron chi connectivity index (χ3n) is 10.2. The summed E-state index contributed by atoms with van der Waals surface area (Å²) < 4.78 is 50.6. The predicted molar refractivity (Wildman–Crippen MR) is 123 cm³/mol. The summed E-state index contributed by atoms with van der Waals surface area (Å²) in [6.45, 7) is 2.42. The van der Waals surface area contributed by atoms with Crippen molar-refractivity contribution in [3.63, 3.8) is 0 Å². The summed E-state index contributed by atoms with van der Waals surface area (Å²) >= 11 is 0. The van der Waals surface area contributed by atoms with Crippen molar-refractivity contribution >= 4 is 0 Å². The predicted octanol–water partition coefficient (Wildman–Crippen LogP) is 9.65. The molecular weight excluding hydrogens is 412 g/mol. The van der Waals surface area contributed by atoms with E-state index in [-0.39, 0.29) is 5.92 Å². The van der Waals surface area contributed by atoms with Crippen LogP contribution in [0.2, 0.25) is 0 Å². The van der Waals surface area contributed by atoms with Crippen LogP contribution in [0.5, 0.6) is 0 Å². The average molecular weight is 457 g/mol. The first-order valence-corrected chi connectivity index (χ1v) is 13.7. The molecule has 0 amide bonds. The van der Waals surface area contributed by atoms with Crippen molar-refractivity contribution in [1.29, 1.82) is 0 Å². The number of hydrogen-bond donors (Lipinski definition) is 0. The third kappa shape index (κ3) is 6.32. The molecule has 0 heterocycles. The van der Waals surface area contributed by atoms with E-state index in [4.69, 9.17) is 0 Å². The van der Waals surface area contributed by atoms with E-state index in [1.54, 1.807) is 0 Å². The molecule has 0 N–H and O–H groups in total. The molecule has 0 spiro atoms. The first-order chi connectivity index (χ1) is 15.3. The van der Waals surface area contributed by atoms with Crippen molar-refractivity contribution in [3.05, 3.63) is 11.9 Å². The van der Waals surface area contributed by atoms with Gasteiger partial charge in [-0.3, -0.25) is 0 Å². The van der Waals surface area contributed by atoms with Gasteiger partial charge in [0.25, 0.3) is 0 Å². The van der Waals surface area contributed by atoms with Gasteiger partial charge in [-0.1, -0.05) is 19.8 Å². The Morgan fingerprint density at radius 3 is 1.12 bits per heavy atom. The van der Waals surface area contributed by atoms with Gasteiger partial charge in [0.05, 0.1) is 0 Å². The van der Waals surface area contributed by atoms with Crippen LogP contribution in [0, 0.1) is 47.3 Å². The Balaban J connectivity index is 1.16. The maximum absolute atomic E-state index is 13.2. The smallest absolute Gasteiger partial charge is 0.202 e. The molecule has 4 saturated carbocycles. The van der Waals surface area contributed by atoms with Crippen LogP contribution in [-0.2, 0) is 0 Å². The first kappa shape index (κ1) is 24.6. The molecule has 0 bridgehead atoms. The van der Waals surface area contributed by atoms with E-state index in [2.05, 4.69) is 6.92 Å². The summed E-state index contributed by atoms with van der Waals surface area (Å²) in [5.41, 5.74) is 0. The topological polar surface area (TPSA) is 0 Å². The van der Waals surface area contributed by atoms with Gasteiger partial charge in [0.1, 0.15) is 0 Å². The minimum absolute atomic E-state index is 0.230. The van der Waals surface area contributed by atoms with Crippen molar-refractivity contribution in [2.45, 2.75) is 116 Å². The van der Waals surface area contributed by atoms with Crippen LogP contribution in [0.4, 0.5) is 17.6 Å². The number of hydrogen-bond acceptors (Lipinski definition) is 0. The van der Waals surface area contributed by atoms with Crippen LogP contribution in [0.25, 0.3) is 0 Å². The number of allylic oxidation sites excluding steroid dienone is 2. The molecule has 4 heteroatoms. The van der Waals surface area contributed by atoms with Crippen LogP contribution in [-0.4, -0.2) is 6.18 Å². The highest BCUT2D eigenvalue weighted by Crippen LogP contribution is 2.48. The molecule has 4 fully saturated rings. The highest BCUT2D eigenvalue weighted by Gasteiger charge is 2.38. The third-order valence-corrected chi connectivity index (χ3v) is 10.2. The molecular formula is C28H44F4. The number of alkyl halides is 3. The lowest BCUT2D eigenvalue weighted by molar-refractivity contribution is -0.109. The van der Waals surface area contributed by atoms with E-state index >= 15 is 0 Å². The fraction of sp³-hybridized carbons (Fsp3) is 0.929. The highest BCUT2D eigenvalue weighted by molar-refractivity contribution is 5.03. The van der Waals surface area contributed by atoms with E-state index < -0.39 is 12.0 Å². The largest absolute Gasteiger partial charge is 0.442 e. The molecule has 4 aliphatic rings. The average Bonchev–Trinajstić information content (AvgIpc) is 2.80. The Kier molecular flexibility index (Phi) is 8.30.